The van der Waals surface area contributed by atoms with Crippen LogP contribution in [0.1, 0.15) is 29.0 Å². The fraction of sp³-hybridized carbons (Fsp3) is 0.360. The van der Waals surface area contributed by atoms with Crippen molar-refractivity contribution >= 4 is 44.2 Å². The number of piperidine rings is 1. The summed E-state index contributed by atoms with van der Waals surface area (Å²) < 4.78 is 54.6. The molecule has 4 heterocycles. The van der Waals surface area contributed by atoms with E-state index in [0.717, 1.165) is 42.8 Å². The molecule has 0 spiro atoms. The van der Waals surface area contributed by atoms with Gasteiger partial charge in [-0.25, -0.2) is 14.4 Å². The number of alkyl halides is 3. The molecule has 0 unspecified atom stereocenters. The molecular weight excluding hydrogens is 522 g/mol. The molecule has 0 aliphatic carbocycles. The summed E-state index contributed by atoms with van der Waals surface area (Å²) in [6, 6.07) is 8.65. The van der Waals surface area contributed by atoms with Crippen molar-refractivity contribution in [2.75, 3.05) is 18.4 Å². The van der Waals surface area contributed by atoms with Gasteiger partial charge in [0.1, 0.15) is 29.6 Å². The number of nitrogens with one attached hydrogen (secondary N) is 1. The van der Waals surface area contributed by atoms with Crippen LogP contribution >= 0.6 is 11.3 Å². The van der Waals surface area contributed by atoms with Crippen molar-refractivity contribution in [3.05, 3.63) is 52.5 Å². The number of nitrogens with two attached hydrogens (primary N) is 1. The van der Waals surface area contributed by atoms with E-state index in [4.69, 9.17) is 5.73 Å². The first-order valence-corrected chi connectivity index (χ1v) is 12.7. The molecule has 0 saturated carbocycles. The van der Waals surface area contributed by atoms with Crippen molar-refractivity contribution in [2.45, 2.75) is 44.6 Å². The van der Waals surface area contributed by atoms with E-state index in [2.05, 4.69) is 20.2 Å². The maximum Gasteiger partial charge on any atom is 0.393 e. The van der Waals surface area contributed by atoms with Gasteiger partial charge in [0, 0.05) is 35.9 Å². The highest BCUT2D eigenvalue weighted by molar-refractivity contribution is 7.18. The highest BCUT2D eigenvalue weighted by Gasteiger charge is 2.29. The molecule has 1 saturated heterocycles. The van der Waals surface area contributed by atoms with Gasteiger partial charge < -0.3 is 15.6 Å². The second kappa shape index (κ2) is 10.2. The minimum absolute atomic E-state index is 0.0938. The molecule has 1 fully saturated rings. The van der Waals surface area contributed by atoms with Crippen molar-refractivity contribution in [1.82, 2.24) is 19.4 Å². The number of anilines is 1. The first-order valence-electron chi connectivity index (χ1n) is 11.9. The van der Waals surface area contributed by atoms with E-state index in [1.807, 2.05) is 12.1 Å². The normalized spacial score (nSPS) is 15.2. The second-order valence-corrected chi connectivity index (χ2v) is 10.4. The third-order valence-corrected chi connectivity index (χ3v) is 7.62. The molecule has 0 bridgehead atoms. The van der Waals surface area contributed by atoms with Gasteiger partial charge in [-0.1, -0.05) is 6.07 Å². The van der Waals surface area contributed by atoms with E-state index in [-0.39, 0.29) is 28.5 Å². The number of fused-ring (bicyclic) bond motifs is 2. The Morgan fingerprint density at radius 3 is 2.66 bits per heavy atom. The molecule has 3 N–H and O–H groups in total. The van der Waals surface area contributed by atoms with Gasteiger partial charge in [-0.15, -0.1) is 11.3 Å². The van der Waals surface area contributed by atoms with Crippen molar-refractivity contribution < 1.29 is 22.4 Å². The molecule has 198 valence electrons. The van der Waals surface area contributed by atoms with Gasteiger partial charge in [0.05, 0.1) is 17.3 Å². The lowest BCUT2D eigenvalue weighted by atomic mass is 10.0. The molecule has 1 aliphatic rings. The van der Waals surface area contributed by atoms with Gasteiger partial charge in [-0.3, -0.25) is 9.69 Å². The molecule has 13 heteroatoms. The van der Waals surface area contributed by atoms with Crippen LogP contribution in [0, 0.1) is 17.1 Å². The summed E-state index contributed by atoms with van der Waals surface area (Å²) in [5.41, 5.74) is 6.35. The van der Waals surface area contributed by atoms with Gasteiger partial charge in [0.2, 0.25) is 5.91 Å². The maximum atomic E-state index is 14.9. The number of benzene rings is 1. The van der Waals surface area contributed by atoms with Crippen LogP contribution < -0.4 is 11.1 Å². The molecule has 4 aromatic rings. The number of nitriles is 1. The summed E-state index contributed by atoms with van der Waals surface area (Å²) in [5.74, 6) is -0.799. The lowest BCUT2D eigenvalue weighted by Gasteiger charge is -2.32. The number of hydrogen-bond acceptors (Lipinski definition) is 7. The van der Waals surface area contributed by atoms with Crippen molar-refractivity contribution in [3.63, 3.8) is 0 Å². The van der Waals surface area contributed by atoms with E-state index >= 15 is 0 Å². The predicted octanol–water partition coefficient (Wildman–Crippen LogP) is 4.32. The lowest BCUT2D eigenvalue weighted by Crippen LogP contribution is -2.38. The molecule has 3 aromatic heterocycles. The fourth-order valence-corrected chi connectivity index (χ4v) is 5.91. The highest BCUT2D eigenvalue weighted by atomic mass is 32.1. The summed E-state index contributed by atoms with van der Waals surface area (Å²) in [6.07, 6.45) is -2.34. The predicted molar refractivity (Wildman–Crippen MR) is 135 cm³/mol. The minimum Gasteiger partial charge on any atom is -0.368 e. The summed E-state index contributed by atoms with van der Waals surface area (Å²) in [7, 11) is 0. The molecule has 0 radical (unpaired) electrons. The Kier molecular flexibility index (Phi) is 6.93. The van der Waals surface area contributed by atoms with Crippen LogP contribution in [0.15, 0.2) is 30.6 Å². The summed E-state index contributed by atoms with van der Waals surface area (Å²) in [5, 5.41) is 13.6. The summed E-state index contributed by atoms with van der Waals surface area (Å²) in [6.45, 7) is 1.80. The smallest absolute Gasteiger partial charge is 0.368 e. The topological polar surface area (TPSA) is 113 Å². The van der Waals surface area contributed by atoms with E-state index in [0.29, 0.717) is 28.1 Å². The average molecular weight is 546 g/mol. The van der Waals surface area contributed by atoms with Crippen molar-refractivity contribution in [2.24, 2.45) is 5.73 Å². The van der Waals surface area contributed by atoms with Crippen LogP contribution in [-0.4, -0.2) is 50.6 Å². The van der Waals surface area contributed by atoms with E-state index in [9.17, 15) is 27.6 Å². The van der Waals surface area contributed by atoms with E-state index < -0.39 is 24.3 Å². The van der Waals surface area contributed by atoms with Crippen molar-refractivity contribution in [3.8, 4) is 6.07 Å². The van der Waals surface area contributed by atoms with Crippen LogP contribution in [0.25, 0.3) is 21.1 Å². The quantitative estimate of drug-likeness (QED) is 0.335. The maximum absolute atomic E-state index is 14.9. The molecule has 1 amide bonds. The highest BCUT2D eigenvalue weighted by Crippen LogP contribution is 2.33. The van der Waals surface area contributed by atoms with Crippen LogP contribution in [0.3, 0.4) is 0 Å². The van der Waals surface area contributed by atoms with Gasteiger partial charge in [-0.05, 0) is 36.6 Å². The number of carbonyl (C=O) groups is 1. The number of primary amides is 1. The zero-order chi connectivity index (χ0) is 27.0. The number of likely N-dealkylation sites (tertiary alicyclic amines) is 1. The van der Waals surface area contributed by atoms with Gasteiger partial charge in [0.15, 0.2) is 11.5 Å². The van der Waals surface area contributed by atoms with E-state index in [1.165, 1.54) is 17.0 Å². The number of nitrogens with zero attached hydrogens (tertiary/aromatic N) is 5. The lowest BCUT2D eigenvalue weighted by molar-refractivity contribution is -0.126. The van der Waals surface area contributed by atoms with Crippen LogP contribution in [0.2, 0.25) is 0 Å². The second-order valence-electron chi connectivity index (χ2n) is 9.32. The van der Waals surface area contributed by atoms with Gasteiger partial charge in [0.25, 0.3) is 0 Å². The first kappa shape index (κ1) is 25.9. The van der Waals surface area contributed by atoms with Gasteiger partial charge >= 0.3 is 6.18 Å². The van der Waals surface area contributed by atoms with E-state index in [1.54, 1.807) is 12.1 Å². The Balaban J connectivity index is 1.24. The molecule has 1 aliphatic heterocycles. The number of carbonyl (C=O) groups excluding carboxylic acids is 1. The Morgan fingerprint density at radius 1 is 1.21 bits per heavy atom. The van der Waals surface area contributed by atoms with Crippen LogP contribution in [0.5, 0.6) is 0 Å². The Morgan fingerprint density at radius 2 is 1.97 bits per heavy atom. The average Bonchev–Trinajstić information content (AvgIpc) is 3.37. The third-order valence-electron chi connectivity index (χ3n) is 6.58. The standard InChI is InChI=1S/C25H23F4N7OS/c26-22-17-7-14(1-2-19(17)36(12-21(31)37)20(22)10-30)11-35-5-3-15(4-6-35)34-23-18-8-16(9-25(27,28)29)38-24(18)33-13-32-23/h1-2,7-8,13,15H,3-6,9,11-12H2,(H2,31,37)(H,32,33,34). The largest absolute Gasteiger partial charge is 0.393 e. The number of thiophene rings is 1. The van der Waals surface area contributed by atoms with Gasteiger partial charge in [-0.2, -0.15) is 18.4 Å². The number of rotatable bonds is 7. The Labute approximate surface area is 218 Å². The van der Waals surface area contributed by atoms with Crippen LogP contribution in [-0.2, 0) is 24.3 Å². The molecule has 8 nitrogen and oxygen atoms in total. The molecule has 5 rings (SSSR count). The number of halogens is 4. The molecule has 38 heavy (non-hydrogen) atoms. The SMILES string of the molecule is N#Cc1c(F)c2cc(CN3CCC(Nc4ncnc5sc(CC(F)(F)F)cc45)CC3)ccc2n1CC(N)=O. The number of hydrogen-bond donors (Lipinski definition) is 2. The fourth-order valence-electron chi connectivity index (χ4n) is 4.88. The summed E-state index contributed by atoms with van der Waals surface area (Å²) >= 11 is 1.02. The van der Waals surface area contributed by atoms with Crippen molar-refractivity contribution in [1.29, 1.82) is 5.26 Å². The zero-order valence-electron chi connectivity index (χ0n) is 20.1. The third kappa shape index (κ3) is 5.41. The minimum atomic E-state index is -4.28. The zero-order valence-corrected chi connectivity index (χ0v) is 20.9. The Hall–Kier alpha value is -3.76. The monoisotopic (exact) mass is 545 g/mol. The Bertz CT molecular complexity index is 1550. The molecule has 1 aromatic carbocycles. The van der Waals surface area contributed by atoms with Crippen LogP contribution in [0.4, 0.5) is 23.4 Å². The molecular formula is C25H23F4N7OS. The number of amides is 1. The number of aromatic nitrogens is 3. The first-order chi connectivity index (χ1) is 18.1. The molecule has 0 atom stereocenters. The summed E-state index contributed by atoms with van der Waals surface area (Å²) in [4.78, 5) is 22.7.